The molecule has 0 aliphatic heterocycles. The van der Waals surface area contributed by atoms with Gasteiger partial charge in [-0.2, -0.15) is 5.10 Å². The van der Waals surface area contributed by atoms with Crippen LogP contribution in [0.5, 0.6) is 0 Å². The van der Waals surface area contributed by atoms with Gasteiger partial charge in [0.2, 0.25) is 5.91 Å². The molecule has 0 N–H and O–H groups in total. The van der Waals surface area contributed by atoms with E-state index in [9.17, 15) is 4.79 Å². The second-order valence-corrected chi connectivity index (χ2v) is 6.79. The summed E-state index contributed by atoms with van der Waals surface area (Å²) in [6, 6.07) is 0.00167. The fraction of sp³-hybridized carbons (Fsp3) is 0.533. The van der Waals surface area contributed by atoms with Crippen LogP contribution >= 0.6 is 11.3 Å². The molecule has 2 heterocycles. The number of nitrogens with zero attached hydrogens (tertiary/aromatic N) is 4. The van der Waals surface area contributed by atoms with Crippen molar-refractivity contribution in [1.29, 1.82) is 0 Å². The van der Waals surface area contributed by atoms with Gasteiger partial charge in [-0.15, -0.1) is 11.3 Å². The lowest BCUT2D eigenvalue weighted by Gasteiger charge is -2.24. The Morgan fingerprint density at radius 2 is 2.14 bits per heavy atom. The Hall–Kier alpha value is -1.69. The molecule has 1 amide bonds. The van der Waals surface area contributed by atoms with E-state index in [1.807, 2.05) is 38.7 Å². The lowest BCUT2D eigenvalue weighted by Crippen LogP contribution is -2.30. The molecule has 114 valence electrons. The van der Waals surface area contributed by atoms with Crippen LogP contribution in [0.15, 0.2) is 12.4 Å². The van der Waals surface area contributed by atoms with Crippen LogP contribution in [0.1, 0.15) is 40.5 Å². The maximum atomic E-state index is 12.3. The number of rotatable bonds is 5. The normalized spacial score (nSPS) is 12.4. The monoisotopic (exact) mass is 306 g/mol. The summed E-state index contributed by atoms with van der Waals surface area (Å²) in [7, 11) is 1.84. The van der Waals surface area contributed by atoms with E-state index in [1.165, 1.54) is 4.88 Å². The summed E-state index contributed by atoms with van der Waals surface area (Å²) < 4.78 is 1.81. The number of carbonyl (C=O) groups excluding carboxylic acids is 1. The van der Waals surface area contributed by atoms with E-state index in [-0.39, 0.29) is 11.9 Å². The molecule has 2 rings (SSSR count). The van der Waals surface area contributed by atoms with Crippen LogP contribution in [0.2, 0.25) is 0 Å². The minimum atomic E-state index is 0.00167. The van der Waals surface area contributed by atoms with Crippen LogP contribution in [0.25, 0.3) is 0 Å². The molecule has 0 aromatic carbocycles. The number of hydrogen-bond acceptors (Lipinski definition) is 4. The molecule has 0 radical (unpaired) electrons. The van der Waals surface area contributed by atoms with Crippen LogP contribution in [0.4, 0.5) is 0 Å². The summed E-state index contributed by atoms with van der Waals surface area (Å²) in [5, 5.41) is 5.25. The van der Waals surface area contributed by atoms with E-state index in [2.05, 4.69) is 17.0 Å². The molecule has 0 aliphatic carbocycles. The molecule has 0 fully saturated rings. The third kappa shape index (κ3) is 3.69. The number of aromatic nitrogens is 3. The molecule has 2 aromatic rings. The van der Waals surface area contributed by atoms with E-state index in [4.69, 9.17) is 0 Å². The molecule has 2 aromatic heterocycles. The molecule has 0 spiro atoms. The first-order valence-corrected chi connectivity index (χ1v) is 7.88. The molecule has 0 aliphatic rings. The fourth-order valence-electron chi connectivity index (χ4n) is 2.31. The predicted molar refractivity (Wildman–Crippen MR) is 84.4 cm³/mol. The maximum absolute atomic E-state index is 12.3. The zero-order valence-electron chi connectivity index (χ0n) is 13.3. The van der Waals surface area contributed by atoms with Crippen molar-refractivity contribution >= 4 is 17.2 Å². The Morgan fingerprint density at radius 1 is 1.43 bits per heavy atom. The highest BCUT2D eigenvalue weighted by Crippen LogP contribution is 2.26. The third-order valence-corrected chi connectivity index (χ3v) is 4.53. The molecule has 0 saturated heterocycles. The second-order valence-electron chi connectivity index (χ2n) is 5.39. The highest BCUT2D eigenvalue weighted by atomic mass is 32.1. The Bertz CT molecular complexity index is 631. The van der Waals surface area contributed by atoms with Gasteiger partial charge in [-0.1, -0.05) is 0 Å². The predicted octanol–water partition coefficient (Wildman–Crippen LogP) is 2.87. The summed E-state index contributed by atoms with van der Waals surface area (Å²) in [6.07, 6.45) is 4.20. The standard InChI is InChI=1S/C15H22N4OS/c1-10-8-16-19(9-10)7-6-14(20)18(5)11(2)15-12(3)21-13(4)17-15/h8-9,11H,6-7H2,1-5H3. The van der Waals surface area contributed by atoms with Gasteiger partial charge in [0.15, 0.2) is 0 Å². The zero-order chi connectivity index (χ0) is 15.6. The average Bonchev–Trinajstić information content (AvgIpc) is 3.00. The Morgan fingerprint density at radius 3 is 2.67 bits per heavy atom. The van der Waals surface area contributed by atoms with E-state index < -0.39 is 0 Å². The maximum Gasteiger partial charge on any atom is 0.224 e. The van der Waals surface area contributed by atoms with Crippen molar-refractivity contribution in [3.8, 4) is 0 Å². The Kier molecular flexibility index (Phi) is 4.77. The molecular weight excluding hydrogens is 284 g/mol. The SMILES string of the molecule is Cc1cnn(CCC(=O)N(C)C(C)c2nc(C)sc2C)c1. The quantitative estimate of drug-likeness (QED) is 0.853. The average molecular weight is 306 g/mol. The van der Waals surface area contributed by atoms with Crippen molar-refractivity contribution in [3.63, 3.8) is 0 Å². The van der Waals surface area contributed by atoms with Crippen LogP contribution in [-0.2, 0) is 11.3 Å². The first-order chi connectivity index (χ1) is 9.88. The topological polar surface area (TPSA) is 51.0 Å². The van der Waals surface area contributed by atoms with Gasteiger partial charge in [0.05, 0.1) is 22.9 Å². The summed E-state index contributed by atoms with van der Waals surface area (Å²) >= 11 is 1.68. The van der Waals surface area contributed by atoms with Gasteiger partial charge in [-0.25, -0.2) is 4.98 Å². The molecule has 5 nitrogen and oxygen atoms in total. The molecule has 1 atom stereocenters. The lowest BCUT2D eigenvalue weighted by molar-refractivity contribution is -0.132. The van der Waals surface area contributed by atoms with Gasteiger partial charge in [0, 0.05) is 31.1 Å². The van der Waals surface area contributed by atoms with Crippen molar-refractivity contribution in [2.24, 2.45) is 0 Å². The first-order valence-electron chi connectivity index (χ1n) is 7.07. The molecule has 0 saturated carbocycles. The second kappa shape index (κ2) is 6.39. The minimum Gasteiger partial charge on any atom is -0.337 e. The van der Waals surface area contributed by atoms with Gasteiger partial charge in [-0.3, -0.25) is 9.48 Å². The summed E-state index contributed by atoms with van der Waals surface area (Å²) in [5.41, 5.74) is 2.11. The smallest absolute Gasteiger partial charge is 0.224 e. The van der Waals surface area contributed by atoms with Crippen molar-refractivity contribution in [1.82, 2.24) is 19.7 Å². The highest BCUT2D eigenvalue weighted by Gasteiger charge is 2.21. The van der Waals surface area contributed by atoms with E-state index in [0.29, 0.717) is 13.0 Å². The molecule has 1 unspecified atom stereocenters. The number of carbonyl (C=O) groups is 1. The Balaban J connectivity index is 1.96. The fourth-order valence-corrected chi connectivity index (χ4v) is 3.22. The number of amides is 1. The molecular formula is C15H22N4OS. The van der Waals surface area contributed by atoms with Gasteiger partial charge in [0.25, 0.3) is 0 Å². The first kappa shape index (κ1) is 15.7. The van der Waals surface area contributed by atoms with Crippen molar-refractivity contribution in [2.75, 3.05) is 7.05 Å². The van der Waals surface area contributed by atoms with E-state index >= 15 is 0 Å². The van der Waals surface area contributed by atoms with E-state index in [1.54, 1.807) is 22.4 Å². The van der Waals surface area contributed by atoms with Crippen molar-refractivity contribution < 1.29 is 4.79 Å². The van der Waals surface area contributed by atoms with Gasteiger partial charge >= 0.3 is 0 Å². The number of thiazole rings is 1. The summed E-state index contributed by atoms with van der Waals surface area (Å²) in [6.45, 7) is 8.68. The van der Waals surface area contributed by atoms with Crippen LogP contribution in [-0.4, -0.2) is 32.6 Å². The minimum absolute atomic E-state index is 0.00167. The number of aryl methyl sites for hydroxylation is 4. The summed E-state index contributed by atoms with van der Waals surface area (Å²) in [4.78, 5) is 19.8. The molecule has 0 bridgehead atoms. The third-order valence-electron chi connectivity index (χ3n) is 3.63. The molecule has 6 heteroatoms. The van der Waals surface area contributed by atoms with Crippen LogP contribution < -0.4 is 0 Å². The lowest BCUT2D eigenvalue weighted by atomic mass is 10.2. The largest absolute Gasteiger partial charge is 0.337 e. The van der Waals surface area contributed by atoms with Crippen molar-refractivity contribution in [2.45, 2.75) is 46.7 Å². The van der Waals surface area contributed by atoms with Gasteiger partial charge in [-0.05, 0) is 33.3 Å². The van der Waals surface area contributed by atoms with E-state index in [0.717, 1.165) is 16.3 Å². The zero-order valence-corrected chi connectivity index (χ0v) is 14.1. The van der Waals surface area contributed by atoms with Gasteiger partial charge < -0.3 is 4.90 Å². The Labute approximate surface area is 129 Å². The highest BCUT2D eigenvalue weighted by molar-refractivity contribution is 7.11. The van der Waals surface area contributed by atoms with Gasteiger partial charge in [0.1, 0.15) is 0 Å². The summed E-state index contributed by atoms with van der Waals surface area (Å²) in [5.74, 6) is 0.112. The van der Waals surface area contributed by atoms with Crippen molar-refractivity contribution in [3.05, 3.63) is 33.5 Å². The molecule has 21 heavy (non-hydrogen) atoms. The van der Waals surface area contributed by atoms with Crippen LogP contribution in [0, 0.1) is 20.8 Å². The number of hydrogen-bond donors (Lipinski definition) is 0. The van der Waals surface area contributed by atoms with Crippen LogP contribution in [0.3, 0.4) is 0 Å².